The maximum atomic E-state index is 13.0. The third-order valence-corrected chi connectivity index (χ3v) is 18.0. The van der Waals surface area contributed by atoms with Gasteiger partial charge in [-0.05, 0) is 69.1 Å². The number of hydrogen-bond acceptors (Lipinski definition) is 15. The summed E-state index contributed by atoms with van der Waals surface area (Å²) in [5.74, 6) is 0.0560. The Morgan fingerprint density at radius 2 is 0.656 bits per heavy atom. The summed E-state index contributed by atoms with van der Waals surface area (Å²) in [5.41, 5.74) is 0. The Morgan fingerprint density at radius 1 is 0.367 bits per heavy atom. The Balaban J connectivity index is 5.30. The van der Waals surface area contributed by atoms with E-state index in [0.29, 0.717) is 31.6 Å². The predicted molar refractivity (Wildman–Crippen MR) is 363 cm³/mol. The lowest BCUT2D eigenvalue weighted by Crippen LogP contribution is -2.30. The average molecular weight is 1320 g/mol. The molecule has 6 atom stereocenters. The van der Waals surface area contributed by atoms with Crippen LogP contribution in [-0.2, 0) is 65.4 Å². The van der Waals surface area contributed by atoms with E-state index in [9.17, 15) is 43.2 Å². The van der Waals surface area contributed by atoms with Crippen LogP contribution in [0.15, 0.2) is 24.3 Å². The largest absolute Gasteiger partial charge is 0.472 e. The van der Waals surface area contributed by atoms with Gasteiger partial charge in [-0.3, -0.25) is 37.3 Å². The van der Waals surface area contributed by atoms with Crippen LogP contribution in [0, 0.1) is 17.8 Å². The van der Waals surface area contributed by atoms with Crippen LogP contribution in [0.25, 0.3) is 0 Å². The van der Waals surface area contributed by atoms with Gasteiger partial charge in [0.25, 0.3) is 0 Å². The highest BCUT2D eigenvalue weighted by Crippen LogP contribution is 2.45. The Labute approximate surface area is 548 Å². The van der Waals surface area contributed by atoms with E-state index < -0.39 is 97.5 Å². The molecule has 0 aliphatic heterocycles. The summed E-state index contributed by atoms with van der Waals surface area (Å²) in [6, 6.07) is 0. The summed E-state index contributed by atoms with van der Waals surface area (Å²) in [7, 11) is -9.92. The van der Waals surface area contributed by atoms with Crippen molar-refractivity contribution in [2.45, 2.75) is 349 Å². The summed E-state index contributed by atoms with van der Waals surface area (Å²) in [4.78, 5) is 72.5. The predicted octanol–water partition coefficient (Wildman–Crippen LogP) is 19.8. The Morgan fingerprint density at radius 3 is 0.989 bits per heavy atom. The number of hydrogen-bond donors (Lipinski definition) is 3. The van der Waals surface area contributed by atoms with Gasteiger partial charge >= 0.3 is 39.5 Å². The summed E-state index contributed by atoms with van der Waals surface area (Å²) >= 11 is 0. The molecule has 0 spiro atoms. The number of aliphatic hydroxyl groups excluding tert-OH is 1. The van der Waals surface area contributed by atoms with Crippen molar-refractivity contribution in [2.75, 3.05) is 39.6 Å². The van der Waals surface area contributed by atoms with Gasteiger partial charge in [-0.15, -0.1) is 0 Å². The van der Waals surface area contributed by atoms with Gasteiger partial charge in [0.2, 0.25) is 0 Å². The maximum Gasteiger partial charge on any atom is 0.472 e. The van der Waals surface area contributed by atoms with Gasteiger partial charge in [-0.2, -0.15) is 0 Å². The van der Waals surface area contributed by atoms with Crippen molar-refractivity contribution in [3.05, 3.63) is 24.3 Å². The second-order valence-electron chi connectivity index (χ2n) is 26.1. The van der Waals surface area contributed by atoms with Crippen molar-refractivity contribution >= 4 is 39.5 Å². The number of rotatable bonds is 67. The lowest BCUT2D eigenvalue weighted by atomic mass is 10.00. The fourth-order valence-corrected chi connectivity index (χ4v) is 11.7. The Hall–Kier alpha value is -2.46. The van der Waals surface area contributed by atoms with Crippen molar-refractivity contribution in [2.24, 2.45) is 17.8 Å². The van der Waals surface area contributed by atoms with E-state index in [1.807, 2.05) is 0 Å². The molecule has 0 fully saturated rings. The highest BCUT2D eigenvalue weighted by Gasteiger charge is 2.30. The SMILES string of the molecule is CCCCCC/C=C\C=C/CCCCCCCC(=O)O[C@H](COC(=O)CCCCCCCCCCCCCC(C)C)COP(=O)(O)OC[C@@H](O)COP(=O)(O)OC[C@@H](COC(=O)CCCCCCCCC(C)CC)OC(=O)CCCCCCCCCCC(C)C. The summed E-state index contributed by atoms with van der Waals surface area (Å²) in [6.45, 7) is 11.7. The summed E-state index contributed by atoms with van der Waals surface area (Å²) in [6.07, 6.45) is 48.1. The van der Waals surface area contributed by atoms with E-state index in [4.69, 9.17) is 37.0 Å². The third-order valence-electron chi connectivity index (χ3n) is 16.1. The number of carbonyl (C=O) groups excluding carboxylic acids is 4. The molecule has 90 heavy (non-hydrogen) atoms. The zero-order chi connectivity index (χ0) is 66.6. The van der Waals surface area contributed by atoms with E-state index >= 15 is 0 Å². The fourth-order valence-electron chi connectivity index (χ4n) is 10.1. The molecular weight excluding hydrogens is 1190 g/mol. The number of phosphoric ester groups is 2. The molecule has 0 heterocycles. The molecule has 0 bridgehead atoms. The minimum Gasteiger partial charge on any atom is -0.462 e. The topological polar surface area (TPSA) is 237 Å². The Kier molecular flexibility index (Phi) is 59.7. The molecule has 17 nitrogen and oxygen atoms in total. The van der Waals surface area contributed by atoms with Crippen LogP contribution >= 0.6 is 15.6 Å². The normalized spacial score (nSPS) is 14.7. The number of phosphoric acid groups is 2. The van der Waals surface area contributed by atoms with E-state index in [1.165, 1.54) is 122 Å². The first-order valence-corrected chi connectivity index (χ1v) is 39.2. The lowest BCUT2D eigenvalue weighted by molar-refractivity contribution is -0.161. The molecule has 0 aliphatic carbocycles. The number of aliphatic hydroxyl groups is 1. The highest BCUT2D eigenvalue weighted by atomic mass is 31.2. The minimum atomic E-state index is -4.96. The molecule has 530 valence electrons. The molecular formula is C71H134O17P2. The molecule has 3 unspecified atom stereocenters. The maximum absolute atomic E-state index is 13.0. The first-order valence-electron chi connectivity index (χ1n) is 36.2. The quantitative estimate of drug-likeness (QED) is 0.0169. The summed E-state index contributed by atoms with van der Waals surface area (Å²) in [5, 5.41) is 10.6. The molecule has 3 N–H and O–H groups in total. The number of ether oxygens (including phenoxy) is 4. The van der Waals surface area contributed by atoms with Gasteiger partial charge in [0.05, 0.1) is 26.4 Å². The molecule has 0 radical (unpaired) electrons. The standard InChI is InChI=1S/C71H134O17P2/c1-8-10-11-12-13-14-15-16-17-18-21-25-31-40-47-54-70(75)87-66(58-81-68(73)52-45-38-30-24-22-19-20-23-28-35-42-49-62(3)4)60-85-89(77,78)83-56-65(72)57-84-90(79,80)86-61-67(59-82-69(74)53-46-39-34-33-37-44-51-64(7)9-2)88-71(76)55-48-41-32-27-26-29-36-43-50-63(5)6/h14-17,62-67,72H,8-13,18-61H2,1-7H3,(H,77,78)(H,79,80)/b15-14-,17-16-/t64?,65-,66-,67-/m1/s1. The van der Waals surface area contributed by atoms with Crippen molar-refractivity contribution < 1.29 is 80.2 Å². The average Bonchev–Trinajstić information content (AvgIpc) is 3.59. The van der Waals surface area contributed by atoms with Gasteiger partial charge in [-0.1, -0.05) is 278 Å². The Bertz CT molecular complexity index is 1860. The van der Waals surface area contributed by atoms with Crippen molar-refractivity contribution in [1.82, 2.24) is 0 Å². The first kappa shape index (κ1) is 87.5. The number of carbonyl (C=O) groups is 4. The van der Waals surface area contributed by atoms with Gasteiger partial charge in [0.1, 0.15) is 19.3 Å². The number of esters is 4. The van der Waals surface area contributed by atoms with Gasteiger partial charge in [0, 0.05) is 25.7 Å². The molecule has 0 aromatic rings. The number of allylic oxidation sites excluding steroid dienone is 4. The first-order chi connectivity index (χ1) is 43.3. The van der Waals surface area contributed by atoms with Crippen molar-refractivity contribution in [3.63, 3.8) is 0 Å². The van der Waals surface area contributed by atoms with Gasteiger partial charge in [0.15, 0.2) is 12.2 Å². The van der Waals surface area contributed by atoms with Crippen molar-refractivity contribution in [3.8, 4) is 0 Å². The molecule has 0 amide bonds. The highest BCUT2D eigenvalue weighted by molar-refractivity contribution is 7.47. The van der Waals surface area contributed by atoms with Crippen LogP contribution in [0.4, 0.5) is 0 Å². The smallest absolute Gasteiger partial charge is 0.462 e. The zero-order valence-electron chi connectivity index (χ0n) is 58.1. The summed E-state index contributed by atoms with van der Waals surface area (Å²) < 4.78 is 68.2. The monoisotopic (exact) mass is 1320 g/mol. The molecule has 0 saturated heterocycles. The van der Waals surface area contributed by atoms with E-state index in [1.54, 1.807) is 0 Å². The second kappa shape index (κ2) is 61.4. The van der Waals surface area contributed by atoms with Crippen LogP contribution in [0.3, 0.4) is 0 Å². The lowest BCUT2D eigenvalue weighted by Gasteiger charge is -2.21. The van der Waals surface area contributed by atoms with E-state index in [2.05, 4.69) is 72.8 Å². The van der Waals surface area contributed by atoms with Crippen LogP contribution < -0.4 is 0 Å². The third kappa shape index (κ3) is 63.0. The van der Waals surface area contributed by atoms with Gasteiger partial charge < -0.3 is 33.8 Å². The molecule has 0 aromatic heterocycles. The van der Waals surface area contributed by atoms with E-state index in [-0.39, 0.29) is 25.7 Å². The number of unbranched alkanes of at least 4 members (excludes halogenated alkanes) is 31. The van der Waals surface area contributed by atoms with E-state index in [0.717, 1.165) is 121 Å². The zero-order valence-corrected chi connectivity index (χ0v) is 59.9. The van der Waals surface area contributed by atoms with Crippen molar-refractivity contribution in [1.29, 1.82) is 0 Å². The molecule has 19 heteroatoms. The van der Waals surface area contributed by atoms with Crippen LogP contribution in [0.2, 0.25) is 0 Å². The molecule has 0 aromatic carbocycles. The molecule has 0 aliphatic rings. The fraction of sp³-hybridized carbons (Fsp3) is 0.887. The molecule has 0 saturated carbocycles. The van der Waals surface area contributed by atoms with Gasteiger partial charge in [-0.25, -0.2) is 9.13 Å². The van der Waals surface area contributed by atoms with Crippen LogP contribution in [0.5, 0.6) is 0 Å². The van der Waals surface area contributed by atoms with Crippen LogP contribution in [-0.4, -0.2) is 96.7 Å². The second-order valence-corrected chi connectivity index (χ2v) is 29.0. The van der Waals surface area contributed by atoms with Crippen LogP contribution in [0.1, 0.15) is 331 Å². The molecule has 0 rings (SSSR count). The minimum absolute atomic E-state index is 0.0843.